The monoisotopic (exact) mass is 492 g/mol. The van der Waals surface area contributed by atoms with Crippen LogP contribution in [0, 0.1) is 0 Å². The Kier molecular flexibility index (Phi) is 7.25. The summed E-state index contributed by atoms with van der Waals surface area (Å²) in [6.07, 6.45) is 3.46. The zero-order valence-electron chi connectivity index (χ0n) is 20.6. The SMILES string of the molecule is COc1ccc(Cn2ncc3c(-c4cc(OC)c(CNCC(=O)O)c(OC)c4)cn(C)c(=O)c32)cc1. The number of carbonyl (C=O) groups is 1. The molecule has 4 rings (SSSR count). The number of aromatic nitrogens is 3. The first-order valence-corrected chi connectivity index (χ1v) is 11.2. The van der Waals surface area contributed by atoms with Gasteiger partial charge in [0.1, 0.15) is 22.8 Å². The first-order chi connectivity index (χ1) is 17.4. The van der Waals surface area contributed by atoms with E-state index in [0.29, 0.717) is 34.5 Å². The number of aliphatic carboxylic acids is 1. The highest BCUT2D eigenvalue weighted by Gasteiger charge is 2.19. The average molecular weight is 493 g/mol. The van der Waals surface area contributed by atoms with Crippen LogP contribution in [0.4, 0.5) is 0 Å². The van der Waals surface area contributed by atoms with Gasteiger partial charge < -0.3 is 29.2 Å². The van der Waals surface area contributed by atoms with Crippen LogP contribution < -0.4 is 25.1 Å². The molecule has 0 aliphatic rings. The Morgan fingerprint density at radius 1 is 1.06 bits per heavy atom. The Balaban J connectivity index is 1.79. The molecular weight excluding hydrogens is 464 g/mol. The highest BCUT2D eigenvalue weighted by Crippen LogP contribution is 2.37. The lowest BCUT2D eigenvalue weighted by Crippen LogP contribution is -2.22. The predicted molar refractivity (Wildman–Crippen MR) is 135 cm³/mol. The number of nitrogens with one attached hydrogen (secondary N) is 1. The number of nitrogens with zero attached hydrogens (tertiary/aromatic N) is 3. The van der Waals surface area contributed by atoms with Crippen molar-refractivity contribution in [2.24, 2.45) is 7.05 Å². The van der Waals surface area contributed by atoms with Crippen molar-refractivity contribution in [3.8, 4) is 28.4 Å². The van der Waals surface area contributed by atoms with Crippen LogP contribution in [-0.4, -0.2) is 53.3 Å². The summed E-state index contributed by atoms with van der Waals surface area (Å²) in [5.41, 5.74) is 3.56. The topological polar surface area (TPSA) is 117 Å². The third-order valence-corrected chi connectivity index (χ3v) is 5.96. The molecule has 0 spiro atoms. The van der Waals surface area contributed by atoms with Gasteiger partial charge in [0.05, 0.1) is 40.6 Å². The third-order valence-electron chi connectivity index (χ3n) is 5.96. The van der Waals surface area contributed by atoms with Crippen molar-refractivity contribution < 1.29 is 24.1 Å². The summed E-state index contributed by atoms with van der Waals surface area (Å²) in [5.74, 6) is 0.875. The number of carboxylic acids is 1. The van der Waals surface area contributed by atoms with Gasteiger partial charge in [0, 0.05) is 36.3 Å². The Morgan fingerprint density at radius 3 is 2.31 bits per heavy atom. The number of aryl methyl sites for hydroxylation is 1. The minimum Gasteiger partial charge on any atom is -0.497 e. The van der Waals surface area contributed by atoms with Crippen LogP contribution in [0.3, 0.4) is 0 Å². The van der Waals surface area contributed by atoms with E-state index < -0.39 is 5.97 Å². The molecule has 0 radical (unpaired) electrons. The fourth-order valence-corrected chi connectivity index (χ4v) is 4.16. The van der Waals surface area contributed by atoms with Crippen molar-refractivity contribution in [3.63, 3.8) is 0 Å². The standard InChI is InChI=1S/C26H28N4O6/c1-29-15-21(17-9-22(35-3)20(23(10-17)36-4)11-27-13-24(31)32)19-12-28-30(25(19)26(29)33)14-16-5-7-18(34-2)8-6-16/h5-10,12,15,27H,11,13-14H2,1-4H3,(H,31,32). The van der Waals surface area contributed by atoms with E-state index in [4.69, 9.17) is 19.3 Å². The summed E-state index contributed by atoms with van der Waals surface area (Å²) in [4.78, 5) is 24.0. The zero-order valence-corrected chi connectivity index (χ0v) is 20.6. The van der Waals surface area contributed by atoms with Crippen LogP contribution in [0.1, 0.15) is 11.1 Å². The van der Waals surface area contributed by atoms with Crippen molar-refractivity contribution in [1.29, 1.82) is 0 Å². The van der Waals surface area contributed by atoms with E-state index in [1.165, 1.54) is 4.57 Å². The Labute approximate surface area is 207 Å². The van der Waals surface area contributed by atoms with Crippen LogP contribution in [0.25, 0.3) is 22.0 Å². The normalized spacial score (nSPS) is 11.0. The van der Waals surface area contributed by atoms with Gasteiger partial charge in [-0.05, 0) is 35.4 Å². The van der Waals surface area contributed by atoms with E-state index in [1.54, 1.807) is 45.5 Å². The second kappa shape index (κ2) is 10.5. The van der Waals surface area contributed by atoms with Crippen molar-refractivity contribution in [1.82, 2.24) is 19.7 Å². The molecule has 10 nitrogen and oxygen atoms in total. The summed E-state index contributed by atoms with van der Waals surface area (Å²) >= 11 is 0. The van der Waals surface area contributed by atoms with Crippen molar-refractivity contribution in [3.05, 3.63) is 70.3 Å². The van der Waals surface area contributed by atoms with E-state index >= 15 is 0 Å². The molecule has 0 aliphatic heterocycles. The number of pyridine rings is 1. The third kappa shape index (κ3) is 4.89. The molecule has 0 fully saturated rings. The van der Waals surface area contributed by atoms with Gasteiger partial charge in [0.25, 0.3) is 5.56 Å². The molecular formula is C26H28N4O6. The molecule has 2 aromatic carbocycles. The van der Waals surface area contributed by atoms with Crippen LogP contribution in [0.15, 0.2) is 53.6 Å². The molecule has 0 saturated heterocycles. The molecule has 2 heterocycles. The number of fused-ring (bicyclic) bond motifs is 1. The second-order valence-electron chi connectivity index (χ2n) is 8.23. The minimum absolute atomic E-state index is 0.159. The van der Waals surface area contributed by atoms with Crippen molar-refractivity contribution in [2.75, 3.05) is 27.9 Å². The lowest BCUT2D eigenvalue weighted by Gasteiger charge is -2.17. The first-order valence-electron chi connectivity index (χ1n) is 11.2. The van der Waals surface area contributed by atoms with Gasteiger partial charge in [-0.25, -0.2) is 0 Å². The van der Waals surface area contributed by atoms with Gasteiger partial charge in [0.2, 0.25) is 0 Å². The number of methoxy groups -OCH3 is 3. The molecule has 4 aromatic rings. The Bertz CT molecular complexity index is 1430. The maximum atomic E-state index is 13.1. The van der Waals surface area contributed by atoms with E-state index in [9.17, 15) is 9.59 Å². The van der Waals surface area contributed by atoms with E-state index in [-0.39, 0.29) is 18.6 Å². The summed E-state index contributed by atoms with van der Waals surface area (Å²) in [6.45, 7) is 0.483. The van der Waals surface area contributed by atoms with Gasteiger partial charge in [-0.15, -0.1) is 0 Å². The summed E-state index contributed by atoms with van der Waals surface area (Å²) in [5, 5.41) is 17.0. The second-order valence-corrected chi connectivity index (χ2v) is 8.23. The average Bonchev–Trinajstić information content (AvgIpc) is 3.30. The maximum absolute atomic E-state index is 13.1. The number of rotatable bonds is 10. The van der Waals surface area contributed by atoms with Crippen LogP contribution in [-0.2, 0) is 24.9 Å². The number of carboxylic acid groups (broad SMARTS) is 1. The van der Waals surface area contributed by atoms with Gasteiger partial charge in [-0.3, -0.25) is 14.3 Å². The lowest BCUT2D eigenvalue weighted by atomic mass is 10.0. The van der Waals surface area contributed by atoms with Gasteiger partial charge in [-0.1, -0.05) is 12.1 Å². The predicted octanol–water partition coefficient (Wildman–Crippen LogP) is 2.65. The first kappa shape index (κ1) is 24.8. The van der Waals surface area contributed by atoms with Crippen LogP contribution >= 0.6 is 0 Å². The summed E-state index contributed by atoms with van der Waals surface area (Å²) < 4.78 is 19.7. The molecule has 0 amide bonds. The molecule has 2 N–H and O–H groups in total. The summed E-state index contributed by atoms with van der Waals surface area (Å²) in [6, 6.07) is 11.3. The van der Waals surface area contributed by atoms with Crippen molar-refractivity contribution >= 4 is 16.9 Å². The van der Waals surface area contributed by atoms with E-state index in [0.717, 1.165) is 22.4 Å². The van der Waals surface area contributed by atoms with Gasteiger partial charge >= 0.3 is 5.97 Å². The van der Waals surface area contributed by atoms with E-state index in [1.807, 2.05) is 36.4 Å². The Hall–Kier alpha value is -4.31. The van der Waals surface area contributed by atoms with Gasteiger partial charge in [0.15, 0.2) is 0 Å². The zero-order chi connectivity index (χ0) is 25.8. The largest absolute Gasteiger partial charge is 0.497 e. The quantitative estimate of drug-likeness (QED) is 0.347. The molecule has 10 heteroatoms. The van der Waals surface area contributed by atoms with Crippen LogP contribution in [0.2, 0.25) is 0 Å². The smallest absolute Gasteiger partial charge is 0.317 e. The van der Waals surface area contributed by atoms with Gasteiger partial charge in [-0.2, -0.15) is 5.10 Å². The fraction of sp³-hybridized carbons (Fsp3) is 0.269. The number of ether oxygens (including phenoxy) is 3. The lowest BCUT2D eigenvalue weighted by molar-refractivity contribution is -0.136. The number of benzene rings is 2. The maximum Gasteiger partial charge on any atom is 0.317 e. The highest BCUT2D eigenvalue weighted by molar-refractivity contribution is 5.94. The number of hydrogen-bond donors (Lipinski definition) is 2. The molecule has 0 aliphatic carbocycles. The molecule has 36 heavy (non-hydrogen) atoms. The fourth-order valence-electron chi connectivity index (χ4n) is 4.16. The molecule has 2 aromatic heterocycles. The molecule has 0 bridgehead atoms. The molecule has 0 saturated carbocycles. The molecule has 0 atom stereocenters. The Morgan fingerprint density at radius 2 is 1.72 bits per heavy atom. The van der Waals surface area contributed by atoms with Crippen molar-refractivity contribution in [2.45, 2.75) is 13.1 Å². The van der Waals surface area contributed by atoms with Crippen LogP contribution in [0.5, 0.6) is 17.2 Å². The highest BCUT2D eigenvalue weighted by atomic mass is 16.5. The summed E-state index contributed by atoms with van der Waals surface area (Å²) in [7, 11) is 6.41. The number of hydrogen-bond acceptors (Lipinski definition) is 7. The molecule has 0 unspecified atom stereocenters. The minimum atomic E-state index is -0.955. The van der Waals surface area contributed by atoms with E-state index in [2.05, 4.69) is 10.4 Å². The molecule has 188 valence electrons.